The number of phenols is 1. The lowest BCUT2D eigenvalue weighted by molar-refractivity contribution is 0.475. The van der Waals surface area contributed by atoms with E-state index in [4.69, 9.17) is 0 Å². The van der Waals surface area contributed by atoms with Crippen molar-refractivity contribution in [2.75, 3.05) is 25.1 Å². The lowest BCUT2D eigenvalue weighted by Crippen LogP contribution is -2.44. The number of aryl methyl sites for hydroxylation is 1. The molecule has 1 aliphatic rings. The van der Waals surface area contributed by atoms with E-state index in [1.54, 1.807) is 19.2 Å². The molecule has 0 aromatic heterocycles. The number of rotatable bonds is 5. The summed E-state index contributed by atoms with van der Waals surface area (Å²) in [5, 5.41) is 15.6. The summed E-state index contributed by atoms with van der Waals surface area (Å²) < 4.78 is 22.9. The number of guanidine groups is 1. The van der Waals surface area contributed by atoms with Gasteiger partial charge in [-0.3, -0.25) is 4.99 Å². The number of aromatic hydroxyl groups is 1. The summed E-state index contributed by atoms with van der Waals surface area (Å²) in [6.07, 6.45) is 2.47. The fourth-order valence-corrected chi connectivity index (χ4v) is 4.13. The summed E-state index contributed by atoms with van der Waals surface area (Å²) in [6, 6.07) is 7.14. The average molecular weight is 453 g/mol. The Balaban J connectivity index is 0.00000264. The van der Waals surface area contributed by atoms with Crippen LogP contribution in [0.15, 0.2) is 29.3 Å². The van der Waals surface area contributed by atoms with Gasteiger partial charge >= 0.3 is 0 Å². The highest BCUT2D eigenvalue weighted by atomic mass is 127. The fraction of sp³-hybridized carbons (Fsp3) is 0.533. The van der Waals surface area contributed by atoms with E-state index in [1.165, 1.54) is 5.56 Å². The molecule has 0 radical (unpaired) electrons. The summed E-state index contributed by atoms with van der Waals surface area (Å²) in [4.78, 5) is 4.12. The van der Waals surface area contributed by atoms with Gasteiger partial charge in [0.2, 0.25) is 0 Å². The van der Waals surface area contributed by atoms with E-state index in [9.17, 15) is 13.5 Å². The number of hydrogen-bond acceptors (Lipinski definition) is 4. The highest BCUT2D eigenvalue weighted by molar-refractivity contribution is 14.0. The summed E-state index contributed by atoms with van der Waals surface area (Å²) in [7, 11) is -1.20. The van der Waals surface area contributed by atoms with Gasteiger partial charge in [-0.1, -0.05) is 12.1 Å². The van der Waals surface area contributed by atoms with E-state index in [1.807, 2.05) is 12.1 Å². The van der Waals surface area contributed by atoms with Crippen LogP contribution in [0.3, 0.4) is 0 Å². The van der Waals surface area contributed by atoms with E-state index >= 15 is 0 Å². The molecule has 8 heteroatoms. The van der Waals surface area contributed by atoms with Gasteiger partial charge in [-0.05, 0) is 37.0 Å². The molecular weight excluding hydrogens is 429 g/mol. The maximum Gasteiger partial charge on any atom is 0.191 e. The molecule has 1 aromatic rings. The zero-order valence-corrected chi connectivity index (χ0v) is 16.3. The third-order valence-electron chi connectivity index (χ3n) is 3.67. The van der Waals surface area contributed by atoms with Gasteiger partial charge in [-0.2, -0.15) is 0 Å². The van der Waals surface area contributed by atoms with E-state index in [0.717, 1.165) is 19.4 Å². The largest absolute Gasteiger partial charge is 0.508 e. The van der Waals surface area contributed by atoms with Crippen molar-refractivity contribution in [3.05, 3.63) is 29.8 Å². The second kappa shape index (κ2) is 9.31. The molecule has 23 heavy (non-hydrogen) atoms. The first kappa shape index (κ1) is 20.0. The molecular formula is C15H24IN3O3S. The normalized spacial score (nSPS) is 19.9. The smallest absolute Gasteiger partial charge is 0.191 e. The maximum absolute atomic E-state index is 11.4. The van der Waals surface area contributed by atoms with Gasteiger partial charge in [0.25, 0.3) is 0 Å². The van der Waals surface area contributed by atoms with Crippen molar-refractivity contribution in [3.8, 4) is 5.75 Å². The van der Waals surface area contributed by atoms with Crippen LogP contribution in [-0.2, 0) is 16.3 Å². The van der Waals surface area contributed by atoms with Gasteiger partial charge in [-0.25, -0.2) is 8.42 Å². The Labute approximate surface area is 154 Å². The first-order valence-electron chi connectivity index (χ1n) is 7.44. The number of sulfone groups is 1. The summed E-state index contributed by atoms with van der Waals surface area (Å²) in [6.45, 7) is 0.750. The lowest BCUT2D eigenvalue weighted by Gasteiger charge is -2.16. The highest BCUT2D eigenvalue weighted by Crippen LogP contribution is 2.11. The van der Waals surface area contributed by atoms with Crippen molar-refractivity contribution >= 4 is 39.8 Å². The third kappa shape index (κ3) is 6.94. The van der Waals surface area contributed by atoms with Crippen LogP contribution < -0.4 is 10.6 Å². The fourth-order valence-electron chi connectivity index (χ4n) is 2.46. The van der Waals surface area contributed by atoms with Gasteiger partial charge in [-0.15, -0.1) is 24.0 Å². The Morgan fingerprint density at radius 3 is 2.61 bits per heavy atom. The van der Waals surface area contributed by atoms with Crippen LogP contribution in [0.4, 0.5) is 0 Å². The molecule has 1 saturated heterocycles. The maximum atomic E-state index is 11.4. The van der Waals surface area contributed by atoms with Crippen molar-refractivity contribution in [1.82, 2.24) is 10.6 Å². The molecule has 0 bridgehead atoms. The van der Waals surface area contributed by atoms with E-state index in [-0.39, 0.29) is 47.3 Å². The van der Waals surface area contributed by atoms with Gasteiger partial charge < -0.3 is 15.7 Å². The average Bonchev–Trinajstić information content (AvgIpc) is 2.83. The summed E-state index contributed by atoms with van der Waals surface area (Å²) in [5.74, 6) is 1.36. The molecule has 0 spiro atoms. The minimum absolute atomic E-state index is 0. The van der Waals surface area contributed by atoms with Gasteiger partial charge in [0, 0.05) is 19.6 Å². The van der Waals surface area contributed by atoms with Crippen LogP contribution in [0.1, 0.15) is 18.4 Å². The molecule has 0 amide bonds. The van der Waals surface area contributed by atoms with Crippen molar-refractivity contribution in [2.24, 2.45) is 4.99 Å². The second-order valence-corrected chi connectivity index (χ2v) is 7.74. The topological polar surface area (TPSA) is 90.8 Å². The van der Waals surface area contributed by atoms with Crippen LogP contribution in [0, 0.1) is 0 Å². The number of phenolic OH excluding ortho intramolecular Hbond substituents is 1. The van der Waals surface area contributed by atoms with Crippen molar-refractivity contribution in [2.45, 2.75) is 25.3 Å². The molecule has 3 N–H and O–H groups in total. The summed E-state index contributed by atoms with van der Waals surface area (Å²) in [5.41, 5.74) is 1.17. The number of nitrogens with zero attached hydrogens (tertiary/aromatic N) is 1. The zero-order valence-electron chi connectivity index (χ0n) is 13.2. The predicted octanol–water partition coefficient (Wildman–Crippen LogP) is 1.29. The number of nitrogens with one attached hydrogen (secondary N) is 2. The van der Waals surface area contributed by atoms with Crippen LogP contribution in [-0.4, -0.2) is 50.6 Å². The molecule has 6 nitrogen and oxygen atoms in total. The monoisotopic (exact) mass is 453 g/mol. The molecule has 130 valence electrons. The molecule has 2 rings (SSSR count). The molecule has 1 atom stereocenters. The molecule has 0 saturated carbocycles. The Bertz CT molecular complexity index is 617. The van der Waals surface area contributed by atoms with Crippen LogP contribution in [0.5, 0.6) is 5.75 Å². The predicted molar refractivity (Wildman–Crippen MR) is 103 cm³/mol. The second-order valence-electron chi connectivity index (χ2n) is 5.51. The summed E-state index contributed by atoms with van der Waals surface area (Å²) >= 11 is 0. The van der Waals surface area contributed by atoms with E-state index in [2.05, 4.69) is 15.6 Å². The van der Waals surface area contributed by atoms with Crippen molar-refractivity contribution in [3.63, 3.8) is 0 Å². The zero-order chi connectivity index (χ0) is 16.0. The van der Waals surface area contributed by atoms with Crippen LogP contribution in [0.2, 0.25) is 0 Å². The molecule has 1 fully saturated rings. The number of halogens is 1. The highest BCUT2D eigenvalue weighted by Gasteiger charge is 2.28. The first-order valence-corrected chi connectivity index (χ1v) is 9.26. The van der Waals surface area contributed by atoms with Gasteiger partial charge in [0.05, 0.1) is 11.5 Å². The standard InChI is InChI=1S/C15H23N3O3S.HI/c1-16-15(18-13-8-10-22(20,21)11-13)17-9-2-3-12-4-6-14(19)7-5-12;/h4-7,13,19H,2-3,8-11H2,1H3,(H2,16,17,18);1H. The first-order chi connectivity index (χ1) is 10.5. The van der Waals surface area contributed by atoms with Crippen molar-refractivity contribution < 1.29 is 13.5 Å². The Morgan fingerprint density at radius 2 is 2.04 bits per heavy atom. The number of aliphatic imine (C=N–C) groups is 1. The molecule has 1 unspecified atom stereocenters. The van der Waals surface area contributed by atoms with Gasteiger partial charge in [0.15, 0.2) is 15.8 Å². The quantitative estimate of drug-likeness (QED) is 0.271. The molecule has 1 heterocycles. The van der Waals surface area contributed by atoms with Crippen molar-refractivity contribution in [1.29, 1.82) is 0 Å². The van der Waals surface area contributed by atoms with E-state index < -0.39 is 9.84 Å². The molecule has 1 aromatic carbocycles. The SMILES string of the molecule is CN=C(NCCCc1ccc(O)cc1)NC1CCS(=O)(=O)C1.I. The lowest BCUT2D eigenvalue weighted by atomic mass is 10.1. The van der Waals surface area contributed by atoms with Crippen LogP contribution >= 0.6 is 24.0 Å². The number of hydrogen-bond donors (Lipinski definition) is 3. The molecule has 1 aliphatic heterocycles. The van der Waals surface area contributed by atoms with Crippen LogP contribution in [0.25, 0.3) is 0 Å². The Morgan fingerprint density at radius 1 is 1.35 bits per heavy atom. The third-order valence-corrected chi connectivity index (χ3v) is 5.44. The number of benzene rings is 1. The molecule has 0 aliphatic carbocycles. The van der Waals surface area contributed by atoms with Gasteiger partial charge in [0.1, 0.15) is 5.75 Å². The minimum Gasteiger partial charge on any atom is -0.508 e. The minimum atomic E-state index is -2.88. The Kier molecular flexibility index (Phi) is 8.10. The Hall–Kier alpha value is -1.03. The van der Waals surface area contributed by atoms with E-state index in [0.29, 0.717) is 12.4 Å².